The zero-order valence-corrected chi connectivity index (χ0v) is 14.9. The van der Waals surface area contributed by atoms with Gasteiger partial charge >= 0.3 is 5.97 Å². The molecule has 120 valence electrons. The number of unbranched alkanes of at least 4 members (excludes halogenated alkanes) is 1. The molecule has 0 aromatic carbocycles. The van der Waals surface area contributed by atoms with Gasteiger partial charge in [0, 0.05) is 11.3 Å². The van der Waals surface area contributed by atoms with Gasteiger partial charge in [-0.3, -0.25) is 10.1 Å². The van der Waals surface area contributed by atoms with E-state index in [1.165, 1.54) is 12.2 Å². The van der Waals surface area contributed by atoms with Crippen LogP contribution in [0.1, 0.15) is 67.2 Å². The molecule has 0 bridgehead atoms. The van der Waals surface area contributed by atoms with Gasteiger partial charge in [0.15, 0.2) is 0 Å². The summed E-state index contributed by atoms with van der Waals surface area (Å²) >= 11 is 2.02. The summed E-state index contributed by atoms with van der Waals surface area (Å²) in [6, 6.07) is 0.277. The van der Waals surface area contributed by atoms with E-state index in [4.69, 9.17) is 4.74 Å². The molecule has 0 saturated heterocycles. The Balaban J connectivity index is 4.20. The van der Waals surface area contributed by atoms with Gasteiger partial charge in [0.1, 0.15) is 5.54 Å². The van der Waals surface area contributed by atoms with E-state index >= 15 is 0 Å². The second kappa shape index (κ2) is 10.5. The summed E-state index contributed by atoms with van der Waals surface area (Å²) in [6.45, 7) is 12.9. The van der Waals surface area contributed by atoms with Gasteiger partial charge in [-0.2, -0.15) is 11.8 Å². The maximum atomic E-state index is 12.1. The molecule has 0 radical (unpaired) electrons. The molecule has 0 amide bonds. The molecular weight excluding hydrogens is 270 g/mol. The lowest BCUT2D eigenvalue weighted by atomic mass is 9.94. The normalized spacial score (nSPS) is 15.9. The van der Waals surface area contributed by atoms with E-state index < -0.39 is 5.54 Å². The fourth-order valence-electron chi connectivity index (χ4n) is 2.14. The Morgan fingerprint density at radius 1 is 1.25 bits per heavy atom. The zero-order chi connectivity index (χ0) is 15.6. The van der Waals surface area contributed by atoms with E-state index in [0.717, 1.165) is 24.5 Å². The Morgan fingerprint density at radius 2 is 1.90 bits per heavy atom. The van der Waals surface area contributed by atoms with Crippen LogP contribution in [0.15, 0.2) is 0 Å². The van der Waals surface area contributed by atoms with Crippen LogP contribution in [0.5, 0.6) is 0 Å². The fourth-order valence-corrected chi connectivity index (χ4v) is 3.15. The highest BCUT2D eigenvalue weighted by Gasteiger charge is 2.34. The van der Waals surface area contributed by atoms with Gasteiger partial charge < -0.3 is 4.74 Å². The molecule has 0 fully saturated rings. The largest absolute Gasteiger partial charge is 0.465 e. The lowest BCUT2D eigenvalue weighted by Gasteiger charge is -2.30. The van der Waals surface area contributed by atoms with Crippen LogP contribution in [-0.4, -0.2) is 35.2 Å². The van der Waals surface area contributed by atoms with Crippen molar-refractivity contribution in [3.05, 3.63) is 0 Å². The van der Waals surface area contributed by atoms with Crippen molar-refractivity contribution >= 4 is 17.7 Å². The smallest absolute Gasteiger partial charge is 0.326 e. The Bertz CT molecular complexity index is 271. The lowest BCUT2D eigenvalue weighted by Crippen LogP contribution is -2.53. The maximum Gasteiger partial charge on any atom is 0.326 e. The first-order valence-electron chi connectivity index (χ1n) is 7.92. The van der Waals surface area contributed by atoms with E-state index in [2.05, 4.69) is 33.0 Å². The summed E-state index contributed by atoms with van der Waals surface area (Å²) in [5.41, 5.74) is -0.550. The molecular formula is C16H33NO2S. The van der Waals surface area contributed by atoms with Gasteiger partial charge in [-0.05, 0) is 52.7 Å². The highest BCUT2D eigenvalue weighted by molar-refractivity contribution is 7.99. The summed E-state index contributed by atoms with van der Waals surface area (Å²) in [4.78, 5) is 12.1. The van der Waals surface area contributed by atoms with E-state index in [0.29, 0.717) is 6.61 Å². The van der Waals surface area contributed by atoms with Crippen LogP contribution in [-0.2, 0) is 9.53 Å². The minimum atomic E-state index is -0.550. The van der Waals surface area contributed by atoms with Crippen LogP contribution in [0.25, 0.3) is 0 Å². The topological polar surface area (TPSA) is 38.3 Å². The number of hydrogen-bond acceptors (Lipinski definition) is 4. The SMILES string of the molecule is CCOC(=O)C(C)(CCCCSC(C)CC)NC(C)C. The zero-order valence-electron chi connectivity index (χ0n) is 14.1. The molecule has 0 heterocycles. The van der Waals surface area contributed by atoms with Gasteiger partial charge in [-0.1, -0.05) is 20.3 Å². The van der Waals surface area contributed by atoms with Crippen LogP contribution in [0.2, 0.25) is 0 Å². The third-order valence-corrected chi connectivity index (χ3v) is 4.81. The Hall–Kier alpha value is -0.220. The van der Waals surface area contributed by atoms with Crippen molar-refractivity contribution in [1.82, 2.24) is 5.32 Å². The quantitative estimate of drug-likeness (QED) is 0.462. The number of hydrogen-bond donors (Lipinski definition) is 1. The van der Waals surface area contributed by atoms with Crippen molar-refractivity contribution in [2.24, 2.45) is 0 Å². The first-order valence-corrected chi connectivity index (χ1v) is 8.97. The number of esters is 1. The van der Waals surface area contributed by atoms with E-state index in [1.54, 1.807) is 0 Å². The van der Waals surface area contributed by atoms with Crippen molar-refractivity contribution in [3.63, 3.8) is 0 Å². The van der Waals surface area contributed by atoms with Crippen LogP contribution in [0.3, 0.4) is 0 Å². The van der Waals surface area contributed by atoms with Crippen molar-refractivity contribution in [1.29, 1.82) is 0 Å². The van der Waals surface area contributed by atoms with Crippen molar-refractivity contribution in [2.45, 2.75) is 84.1 Å². The molecule has 0 saturated carbocycles. The predicted octanol–water partition coefficient (Wildman–Crippen LogP) is 4.01. The van der Waals surface area contributed by atoms with E-state index in [9.17, 15) is 4.79 Å². The van der Waals surface area contributed by atoms with Crippen LogP contribution >= 0.6 is 11.8 Å². The average molecular weight is 304 g/mol. The second-order valence-electron chi connectivity index (χ2n) is 5.90. The summed E-state index contributed by atoms with van der Waals surface area (Å²) in [6.07, 6.45) is 4.27. The molecule has 20 heavy (non-hydrogen) atoms. The molecule has 0 aliphatic heterocycles. The summed E-state index contributed by atoms with van der Waals surface area (Å²) in [7, 11) is 0. The maximum absolute atomic E-state index is 12.1. The number of nitrogens with one attached hydrogen (secondary N) is 1. The standard InChI is InChI=1S/C16H33NO2S/c1-7-14(5)20-12-10-9-11-16(6,17-13(3)4)15(18)19-8-2/h13-14,17H,7-12H2,1-6H3. The third kappa shape index (κ3) is 8.15. The minimum Gasteiger partial charge on any atom is -0.465 e. The number of carbonyl (C=O) groups is 1. The minimum absolute atomic E-state index is 0.122. The number of thioether (sulfide) groups is 1. The Kier molecular flexibility index (Phi) is 10.4. The van der Waals surface area contributed by atoms with Gasteiger partial charge in [0.05, 0.1) is 6.61 Å². The van der Waals surface area contributed by atoms with Crippen molar-refractivity contribution in [2.75, 3.05) is 12.4 Å². The summed E-state index contributed by atoms with van der Waals surface area (Å²) < 4.78 is 5.21. The molecule has 0 aliphatic rings. The average Bonchev–Trinajstić information content (AvgIpc) is 2.37. The van der Waals surface area contributed by atoms with Crippen molar-refractivity contribution < 1.29 is 9.53 Å². The molecule has 0 spiro atoms. The van der Waals surface area contributed by atoms with E-state index in [-0.39, 0.29) is 12.0 Å². The van der Waals surface area contributed by atoms with Crippen LogP contribution in [0, 0.1) is 0 Å². The number of rotatable bonds is 11. The van der Waals surface area contributed by atoms with Crippen LogP contribution in [0.4, 0.5) is 0 Å². The first-order chi connectivity index (χ1) is 9.35. The van der Waals surface area contributed by atoms with Crippen LogP contribution < -0.4 is 5.32 Å². The molecule has 4 heteroatoms. The fraction of sp³-hybridized carbons (Fsp3) is 0.938. The third-order valence-electron chi connectivity index (χ3n) is 3.38. The lowest BCUT2D eigenvalue weighted by molar-refractivity contribution is -0.151. The molecule has 0 aromatic rings. The monoisotopic (exact) mass is 303 g/mol. The highest BCUT2D eigenvalue weighted by atomic mass is 32.2. The summed E-state index contributed by atoms with van der Waals surface area (Å²) in [5, 5.41) is 4.11. The molecule has 0 aliphatic carbocycles. The molecule has 2 unspecified atom stereocenters. The summed E-state index contributed by atoms with van der Waals surface area (Å²) in [5.74, 6) is 1.05. The predicted molar refractivity (Wildman–Crippen MR) is 89.4 cm³/mol. The van der Waals surface area contributed by atoms with Gasteiger partial charge in [-0.25, -0.2) is 0 Å². The Labute approximate surface area is 129 Å². The Morgan fingerprint density at radius 3 is 2.40 bits per heavy atom. The number of carbonyl (C=O) groups excluding carboxylic acids is 1. The van der Waals surface area contributed by atoms with Gasteiger partial charge in [0.25, 0.3) is 0 Å². The molecule has 3 nitrogen and oxygen atoms in total. The highest BCUT2D eigenvalue weighted by Crippen LogP contribution is 2.20. The van der Waals surface area contributed by atoms with Gasteiger partial charge in [0.2, 0.25) is 0 Å². The van der Waals surface area contributed by atoms with Gasteiger partial charge in [-0.15, -0.1) is 0 Å². The first kappa shape index (κ1) is 19.8. The molecule has 2 atom stereocenters. The molecule has 0 rings (SSSR count). The van der Waals surface area contributed by atoms with Crippen molar-refractivity contribution in [3.8, 4) is 0 Å². The molecule has 0 aromatic heterocycles. The second-order valence-corrected chi connectivity index (χ2v) is 7.44. The molecule has 1 N–H and O–H groups in total. The number of ether oxygens (including phenoxy) is 1. The van der Waals surface area contributed by atoms with E-state index in [1.807, 2.05) is 25.6 Å².